The van der Waals surface area contributed by atoms with Crippen LogP contribution in [0.3, 0.4) is 0 Å². The van der Waals surface area contributed by atoms with Gasteiger partial charge in [0.25, 0.3) is 0 Å². The number of carbonyl (C=O) groups excluding carboxylic acids is 1. The molecule has 1 amide bonds. The number of sulfonamides is 1. The molecule has 0 radical (unpaired) electrons. The molecule has 0 heterocycles. The quantitative estimate of drug-likeness (QED) is 0.742. The second kappa shape index (κ2) is 7.99. The van der Waals surface area contributed by atoms with Crippen molar-refractivity contribution in [1.82, 2.24) is 4.72 Å². The van der Waals surface area contributed by atoms with Gasteiger partial charge in [-0.3, -0.25) is 4.79 Å². The zero-order valence-corrected chi connectivity index (χ0v) is 16.4. The van der Waals surface area contributed by atoms with Crippen molar-refractivity contribution in [3.8, 4) is 5.75 Å². The number of benzene rings is 2. The maximum absolute atomic E-state index is 12.6. The Labute approximate surface area is 155 Å². The van der Waals surface area contributed by atoms with E-state index in [9.17, 15) is 13.2 Å². The van der Waals surface area contributed by atoms with Gasteiger partial charge in [0.2, 0.25) is 15.9 Å². The second-order valence-electron chi connectivity index (χ2n) is 5.47. The Kier molecular flexibility index (Phi) is 6.21. The van der Waals surface area contributed by atoms with Crippen molar-refractivity contribution < 1.29 is 17.9 Å². The first-order valence-electron chi connectivity index (χ1n) is 7.47. The molecule has 0 unspecified atom stereocenters. The fraction of sp³-hybridized carbons (Fsp3) is 0.235. The average Bonchev–Trinajstić information content (AvgIpc) is 2.56. The minimum absolute atomic E-state index is 0.00413. The average molecular weight is 427 g/mol. The fourth-order valence-corrected chi connectivity index (χ4v) is 3.99. The van der Waals surface area contributed by atoms with Crippen molar-refractivity contribution in [2.75, 3.05) is 12.4 Å². The molecule has 6 nitrogen and oxygen atoms in total. The van der Waals surface area contributed by atoms with Crippen LogP contribution in [-0.4, -0.2) is 27.5 Å². The molecule has 1 atom stereocenters. The van der Waals surface area contributed by atoms with Gasteiger partial charge < -0.3 is 10.1 Å². The smallest absolute Gasteiger partial charge is 0.244 e. The molecule has 0 saturated heterocycles. The van der Waals surface area contributed by atoms with Crippen molar-refractivity contribution in [3.05, 3.63) is 52.5 Å². The first-order chi connectivity index (χ1) is 11.7. The number of nitrogens with one attached hydrogen (secondary N) is 2. The Morgan fingerprint density at radius 3 is 2.52 bits per heavy atom. The van der Waals surface area contributed by atoms with E-state index in [0.717, 1.165) is 5.56 Å². The predicted octanol–water partition coefficient (Wildman–Crippen LogP) is 3.07. The highest BCUT2D eigenvalue weighted by molar-refractivity contribution is 9.10. The molecule has 0 fully saturated rings. The van der Waals surface area contributed by atoms with Gasteiger partial charge in [0.15, 0.2) is 0 Å². The van der Waals surface area contributed by atoms with Crippen LogP contribution in [-0.2, 0) is 14.8 Å². The van der Waals surface area contributed by atoms with Gasteiger partial charge in [-0.15, -0.1) is 0 Å². The molecule has 2 aromatic carbocycles. The maximum atomic E-state index is 12.6. The van der Waals surface area contributed by atoms with Gasteiger partial charge in [-0.2, -0.15) is 4.72 Å². The lowest BCUT2D eigenvalue weighted by molar-refractivity contribution is -0.117. The Balaban J connectivity index is 2.19. The summed E-state index contributed by atoms with van der Waals surface area (Å²) in [6.07, 6.45) is 0. The number of hydrogen-bond acceptors (Lipinski definition) is 4. The third-order valence-corrected chi connectivity index (χ3v) is 5.72. The van der Waals surface area contributed by atoms with Gasteiger partial charge in [-0.1, -0.05) is 18.2 Å². The summed E-state index contributed by atoms with van der Waals surface area (Å²) < 4.78 is 33.4. The molecule has 2 aromatic rings. The van der Waals surface area contributed by atoms with E-state index in [1.807, 2.05) is 6.07 Å². The number of amides is 1. The van der Waals surface area contributed by atoms with Crippen LogP contribution in [0.2, 0.25) is 0 Å². The molecule has 0 aliphatic carbocycles. The summed E-state index contributed by atoms with van der Waals surface area (Å²) in [5.41, 5.74) is 1.33. The first-order valence-corrected chi connectivity index (χ1v) is 9.74. The number of para-hydroxylation sites is 1. The van der Waals surface area contributed by atoms with E-state index >= 15 is 0 Å². The molecule has 8 heteroatoms. The lowest BCUT2D eigenvalue weighted by atomic mass is 10.2. The molecule has 2 N–H and O–H groups in total. The number of rotatable bonds is 6. The van der Waals surface area contributed by atoms with Crippen molar-refractivity contribution >= 4 is 37.5 Å². The largest absolute Gasteiger partial charge is 0.495 e. The highest BCUT2D eigenvalue weighted by Gasteiger charge is 2.25. The van der Waals surface area contributed by atoms with Crippen molar-refractivity contribution in [2.45, 2.75) is 24.8 Å². The Morgan fingerprint density at radius 1 is 1.20 bits per heavy atom. The molecule has 134 valence electrons. The summed E-state index contributed by atoms with van der Waals surface area (Å²) in [7, 11) is -2.52. The van der Waals surface area contributed by atoms with Crippen LogP contribution in [0.1, 0.15) is 12.5 Å². The Morgan fingerprint density at radius 2 is 1.88 bits per heavy atom. The predicted molar refractivity (Wildman–Crippen MR) is 100 cm³/mol. The van der Waals surface area contributed by atoms with Crippen LogP contribution >= 0.6 is 15.9 Å². The van der Waals surface area contributed by atoms with Crippen molar-refractivity contribution in [3.63, 3.8) is 0 Å². The highest BCUT2D eigenvalue weighted by Crippen LogP contribution is 2.25. The zero-order chi connectivity index (χ0) is 18.6. The Bertz CT molecular complexity index is 884. The van der Waals surface area contributed by atoms with E-state index in [0.29, 0.717) is 10.2 Å². The summed E-state index contributed by atoms with van der Waals surface area (Å²) in [5, 5.41) is 2.68. The molecule has 25 heavy (non-hydrogen) atoms. The topological polar surface area (TPSA) is 84.5 Å². The van der Waals surface area contributed by atoms with Gasteiger partial charge in [-0.05, 0) is 59.6 Å². The molecule has 0 bridgehead atoms. The number of aryl methyl sites for hydroxylation is 1. The number of hydrogen-bond donors (Lipinski definition) is 2. The van der Waals surface area contributed by atoms with E-state index in [1.165, 1.54) is 20.1 Å². The summed E-state index contributed by atoms with van der Waals surface area (Å²) >= 11 is 3.33. The zero-order valence-electron chi connectivity index (χ0n) is 14.0. The van der Waals surface area contributed by atoms with E-state index in [-0.39, 0.29) is 10.6 Å². The SMILES string of the molecule is COc1ccc(C)cc1S(=O)(=O)N[C@@H](C)C(=O)Nc1ccccc1Br. The Hall–Kier alpha value is -1.90. The minimum Gasteiger partial charge on any atom is -0.495 e. The number of carbonyl (C=O) groups is 1. The van der Waals surface area contributed by atoms with Gasteiger partial charge >= 0.3 is 0 Å². The van der Waals surface area contributed by atoms with E-state index < -0.39 is 22.0 Å². The van der Waals surface area contributed by atoms with Crippen LogP contribution < -0.4 is 14.8 Å². The molecule has 0 aromatic heterocycles. The van der Waals surface area contributed by atoms with Gasteiger partial charge in [-0.25, -0.2) is 8.42 Å². The monoisotopic (exact) mass is 426 g/mol. The van der Waals surface area contributed by atoms with E-state index in [4.69, 9.17) is 4.74 Å². The summed E-state index contributed by atoms with van der Waals surface area (Å²) in [4.78, 5) is 12.3. The summed E-state index contributed by atoms with van der Waals surface area (Å²) in [6, 6.07) is 10.9. The molecule has 0 aliphatic rings. The molecule has 0 saturated carbocycles. The first kappa shape index (κ1) is 19.4. The summed E-state index contributed by atoms with van der Waals surface area (Å²) in [6.45, 7) is 3.26. The van der Waals surface area contributed by atoms with Crippen LogP contribution in [0.15, 0.2) is 51.8 Å². The lowest BCUT2D eigenvalue weighted by Gasteiger charge is -2.16. The normalized spacial score (nSPS) is 12.5. The number of anilines is 1. The lowest BCUT2D eigenvalue weighted by Crippen LogP contribution is -2.41. The van der Waals surface area contributed by atoms with Crippen LogP contribution in [0.5, 0.6) is 5.75 Å². The third-order valence-electron chi connectivity index (χ3n) is 3.47. The standard InChI is InChI=1S/C17H19BrN2O4S/c1-11-8-9-15(24-3)16(10-11)25(22,23)20-12(2)17(21)19-14-7-5-4-6-13(14)18/h4-10,12,20H,1-3H3,(H,19,21)/t12-/m0/s1. The number of ether oxygens (including phenoxy) is 1. The minimum atomic E-state index is -3.92. The molecular weight excluding hydrogens is 408 g/mol. The van der Waals surface area contributed by atoms with Crippen LogP contribution in [0, 0.1) is 6.92 Å². The van der Waals surface area contributed by atoms with Crippen LogP contribution in [0.25, 0.3) is 0 Å². The van der Waals surface area contributed by atoms with Crippen molar-refractivity contribution in [2.24, 2.45) is 0 Å². The fourth-order valence-electron chi connectivity index (χ4n) is 2.15. The molecule has 2 rings (SSSR count). The van der Waals surface area contributed by atoms with Gasteiger partial charge in [0, 0.05) is 4.47 Å². The van der Waals surface area contributed by atoms with Crippen molar-refractivity contribution in [1.29, 1.82) is 0 Å². The summed E-state index contributed by atoms with van der Waals surface area (Å²) in [5.74, 6) is -0.251. The van der Waals surface area contributed by atoms with E-state index in [2.05, 4.69) is 26.0 Å². The van der Waals surface area contributed by atoms with Gasteiger partial charge in [0.05, 0.1) is 18.8 Å². The molecular formula is C17H19BrN2O4S. The highest BCUT2D eigenvalue weighted by atomic mass is 79.9. The number of halogens is 1. The maximum Gasteiger partial charge on any atom is 0.244 e. The van der Waals surface area contributed by atoms with Crippen LogP contribution in [0.4, 0.5) is 5.69 Å². The second-order valence-corrected chi connectivity index (χ2v) is 8.00. The van der Waals surface area contributed by atoms with Gasteiger partial charge in [0.1, 0.15) is 10.6 Å². The molecule has 0 aliphatic heterocycles. The molecule has 0 spiro atoms. The third kappa shape index (κ3) is 4.81. The van der Waals surface area contributed by atoms with E-state index in [1.54, 1.807) is 37.3 Å². The number of methoxy groups -OCH3 is 1.